The van der Waals surface area contributed by atoms with E-state index in [2.05, 4.69) is 57.0 Å². The van der Waals surface area contributed by atoms with E-state index in [4.69, 9.17) is 18.9 Å². The average molecular weight is 671 g/mol. The molecular weight excluding hydrogens is 621 g/mol. The topological polar surface area (TPSA) is 88.1 Å². The number of ether oxygens (including phenoxy) is 4. The van der Waals surface area contributed by atoms with Gasteiger partial charge < -0.3 is 18.9 Å². The lowest BCUT2D eigenvalue weighted by Gasteiger charge is -2.46. The van der Waals surface area contributed by atoms with E-state index in [1.54, 1.807) is 26.4 Å². The van der Waals surface area contributed by atoms with Crippen LogP contribution in [-0.4, -0.2) is 76.1 Å². The summed E-state index contributed by atoms with van der Waals surface area (Å²) in [6.07, 6.45) is 0.481. The van der Waals surface area contributed by atoms with Gasteiger partial charge in [-0.05, 0) is 54.0 Å². The fraction of sp³-hybridized carbons (Fsp3) is 0.571. The highest BCUT2D eigenvalue weighted by molar-refractivity contribution is 7.92. The smallest absolute Gasteiger partial charge is 0.181 e. The second-order valence-corrected chi connectivity index (χ2v) is 26.6. The van der Waals surface area contributed by atoms with Crippen LogP contribution in [0.5, 0.6) is 0 Å². The molecule has 7 nitrogen and oxygen atoms in total. The molecule has 0 radical (unpaired) electrons. The maximum absolute atomic E-state index is 15.0. The third kappa shape index (κ3) is 6.36. The first-order chi connectivity index (χ1) is 21.2. The van der Waals surface area contributed by atoms with Gasteiger partial charge in [0.1, 0.15) is 13.6 Å². The van der Waals surface area contributed by atoms with Crippen LogP contribution < -0.4 is 5.19 Å². The number of allylic oxidation sites excluding steroid dienone is 2. The van der Waals surface area contributed by atoms with Gasteiger partial charge in [0, 0.05) is 26.6 Å². The first kappa shape index (κ1) is 34.4. The van der Waals surface area contributed by atoms with Crippen molar-refractivity contribution >= 4 is 37.0 Å². The lowest BCUT2D eigenvalue weighted by molar-refractivity contribution is -0.126. The van der Waals surface area contributed by atoms with Crippen LogP contribution in [0.1, 0.15) is 18.4 Å². The molecule has 3 aliphatic rings. The minimum Gasteiger partial charge on any atom is -0.359 e. The number of aryl methyl sites for hydroxylation is 1. The predicted molar refractivity (Wildman–Crippen MR) is 183 cm³/mol. The van der Waals surface area contributed by atoms with Crippen molar-refractivity contribution in [3.05, 3.63) is 70.9 Å². The van der Waals surface area contributed by atoms with Crippen LogP contribution in [0.15, 0.2) is 70.3 Å². The standard InChI is InChI=1S/C35H50O7SSi2/c1-23-14-16-24(17-15-23)43(37,38)30-19-27-26(18-29(36)34(27)44(4,5)6)31-32(30)35(45(7,8)25-12-10-9-11-13-25)28(20-41-21-39-2)33(31)42-22-40-3/h9-17,26,28,30-33,35H,18-22H2,1-8H3/t26?,28-,30-,31-,32+,33-,35+/m1/s1. The summed E-state index contributed by atoms with van der Waals surface area (Å²) in [4.78, 5) is 14.2. The monoisotopic (exact) mass is 670 g/mol. The van der Waals surface area contributed by atoms with Crippen LogP contribution >= 0.6 is 0 Å². The van der Waals surface area contributed by atoms with Gasteiger partial charge in [-0.3, -0.25) is 4.79 Å². The normalized spacial score (nSPS) is 28.8. The number of carbonyl (C=O) groups is 1. The van der Waals surface area contributed by atoms with E-state index in [1.165, 1.54) is 5.19 Å². The lowest BCUT2D eigenvalue weighted by atomic mass is 9.70. The summed E-state index contributed by atoms with van der Waals surface area (Å²) in [5.74, 6) is -0.344. The Bertz CT molecular complexity index is 1500. The van der Waals surface area contributed by atoms with Crippen molar-refractivity contribution in [2.45, 2.75) is 74.3 Å². The number of methoxy groups -OCH3 is 2. The maximum Gasteiger partial charge on any atom is 0.181 e. The molecule has 7 atom stereocenters. The van der Waals surface area contributed by atoms with Gasteiger partial charge in [0.15, 0.2) is 15.6 Å². The molecule has 5 rings (SSSR count). The highest BCUT2D eigenvalue weighted by Crippen LogP contribution is 2.64. The Morgan fingerprint density at radius 3 is 2.09 bits per heavy atom. The molecular formula is C35H50O7SSi2. The fourth-order valence-electron chi connectivity index (χ4n) is 9.02. The van der Waals surface area contributed by atoms with Gasteiger partial charge in [-0.2, -0.15) is 0 Å². The third-order valence-corrected chi connectivity index (χ3v) is 19.2. The molecule has 0 spiro atoms. The SMILES string of the molecule is COCOC[C@@H]1[C@@H](OCOC)[C@@H]2C3CC(=O)C([Si](C)(C)C)=C3C[C@@H](S(=O)(=O)c3ccc(C)cc3)[C@@H]2[C@H]1[Si](C)(C)c1ccccc1. The minimum absolute atomic E-state index is 0.00131. The average Bonchev–Trinajstić information content (AvgIpc) is 3.50. The van der Waals surface area contributed by atoms with Gasteiger partial charge >= 0.3 is 0 Å². The van der Waals surface area contributed by atoms with Crippen LogP contribution in [-0.2, 0) is 33.6 Å². The number of Topliss-reactive ketones (excluding diaryl/α,β-unsaturated/α-hetero) is 1. The molecule has 246 valence electrons. The van der Waals surface area contributed by atoms with Crippen molar-refractivity contribution in [2.75, 3.05) is 34.4 Å². The van der Waals surface area contributed by atoms with Crippen molar-refractivity contribution in [2.24, 2.45) is 23.7 Å². The molecule has 0 N–H and O–H groups in total. The number of hydrogen-bond donors (Lipinski definition) is 0. The van der Waals surface area contributed by atoms with E-state index < -0.39 is 31.2 Å². The van der Waals surface area contributed by atoms with Gasteiger partial charge in [-0.1, -0.05) is 91.5 Å². The van der Waals surface area contributed by atoms with Crippen molar-refractivity contribution in [3.8, 4) is 0 Å². The van der Waals surface area contributed by atoms with Gasteiger partial charge in [0.25, 0.3) is 0 Å². The minimum atomic E-state index is -3.79. The molecule has 1 unspecified atom stereocenters. The van der Waals surface area contributed by atoms with E-state index >= 15 is 0 Å². The Hall–Kier alpha value is -1.93. The van der Waals surface area contributed by atoms with Gasteiger partial charge in [0.05, 0.1) is 39.0 Å². The number of ketones is 1. The largest absolute Gasteiger partial charge is 0.359 e. The van der Waals surface area contributed by atoms with Crippen LogP contribution in [0.3, 0.4) is 0 Å². The fourth-order valence-corrected chi connectivity index (χ4v) is 17.6. The van der Waals surface area contributed by atoms with E-state index in [0.717, 1.165) is 16.3 Å². The molecule has 0 aliphatic heterocycles. The highest BCUT2D eigenvalue weighted by Gasteiger charge is 2.66. The van der Waals surface area contributed by atoms with Crippen molar-refractivity contribution in [1.82, 2.24) is 0 Å². The molecule has 2 aromatic rings. The quantitative estimate of drug-likeness (QED) is 0.161. The summed E-state index contributed by atoms with van der Waals surface area (Å²) in [6, 6.07) is 17.8. The predicted octanol–water partition coefficient (Wildman–Crippen LogP) is 5.76. The number of rotatable bonds is 12. The first-order valence-electron chi connectivity index (χ1n) is 16.0. The van der Waals surface area contributed by atoms with Gasteiger partial charge in [-0.25, -0.2) is 8.42 Å². The van der Waals surface area contributed by atoms with E-state index in [1.807, 2.05) is 25.1 Å². The Morgan fingerprint density at radius 2 is 1.49 bits per heavy atom. The number of benzene rings is 2. The summed E-state index contributed by atoms with van der Waals surface area (Å²) < 4.78 is 53.5. The van der Waals surface area contributed by atoms with Gasteiger partial charge in [0.2, 0.25) is 0 Å². The van der Waals surface area contributed by atoms with Gasteiger partial charge in [-0.15, -0.1) is 0 Å². The molecule has 3 aliphatic carbocycles. The summed E-state index contributed by atoms with van der Waals surface area (Å²) >= 11 is 0. The summed E-state index contributed by atoms with van der Waals surface area (Å²) in [7, 11) is -5.04. The number of fused-ring (bicyclic) bond motifs is 3. The Balaban J connectivity index is 1.78. The number of carbonyl (C=O) groups excluding carboxylic acids is 1. The maximum atomic E-state index is 15.0. The van der Waals surface area contributed by atoms with Crippen molar-refractivity contribution < 1.29 is 32.2 Å². The van der Waals surface area contributed by atoms with Crippen molar-refractivity contribution in [1.29, 1.82) is 0 Å². The second kappa shape index (κ2) is 13.3. The summed E-state index contributed by atoms with van der Waals surface area (Å²) in [6.45, 7) is 13.9. The number of hydrogen-bond acceptors (Lipinski definition) is 7. The molecule has 0 heterocycles. The zero-order valence-corrected chi connectivity index (χ0v) is 30.9. The molecule has 2 saturated carbocycles. The molecule has 0 bridgehead atoms. The van der Waals surface area contributed by atoms with Crippen LogP contribution in [0.2, 0.25) is 38.3 Å². The zero-order valence-electron chi connectivity index (χ0n) is 28.0. The van der Waals surface area contributed by atoms with E-state index in [0.29, 0.717) is 24.3 Å². The second-order valence-electron chi connectivity index (χ2n) is 14.7. The molecule has 2 fully saturated rings. The lowest BCUT2D eigenvalue weighted by Crippen LogP contribution is -2.54. The summed E-state index contributed by atoms with van der Waals surface area (Å²) in [5, 5.41) is 1.53. The zero-order chi connectivity index (χ0) is 32.7. The molecule has 2 aromatic carbocycles. The molecule has 0 saturated heterocycles. The molecule has 0 amide bonds. The van der Waals surface area contributed by atoms with Crippen LogP contribution in [0.25, 0.3) is 0 Å². The van der Waals surface area contributed by atoms with Crippen LogP contribution in [0.4, 0.5) is 0 Å². The first-order valence-corrected chi connectivity index (χ1v) is 24.2. The van der Waals surface area contributed by atoms with Crippen LogP contribution in [0, 0.1) is 30.6 Å². The number of sulfone groups is 1. The molecule has 45 heavy (non-hydrogen) atoms. The third-order valence-electron chi connectivity index (χ3n) is 10.6. The molecule has 10 heteroatoms. The Morgan fingerprint density at radius 1 is 0.844 bits per heavy atom. The molecule has 0 aromatic heterocycles. The van der Waals surface area contributed by atoms with E-state index in [9.17, 15) is 13.2 Å². The Kier molecular flexibility index (Phi) is 10.2. The van der Waals surface area contributed by atoms with E-state index in [-0.39, 0.29) is 54.7 Å². The highest BCUT2D eigenvalue weighted by atomic mass is 32.2. The summed E-state index contributed by atoms with van der Waals surface area (Å²) in [5.41, 5.74) is 2.09. The Labute approximate surface area is 271 Å². The van der Waals surface area contributed by atoms with Crippen molar-refractivity contribution in [3.63, 3.8) is 0 Å².